The summed E-state index contributed by atoms with van der Waals surface area (Å²) in [6, 6.07) is 0. The molecule has 59 heavy (non-hydrogen) atoms. The highest BCUT2D eigenvalue weighted by Crippen LogP contribution is 2.61. The molecule has 0 saturated carbocycles. The average molecular weight is 924 g/mol. The van der Waals surface area contributed by atoms with Gasteiger partial charge in [0, 0.05) is 30.7 Å². The molecule has 8 atom stereocenters. The number of rotatable bonds is 24. The van der Waals surface area contributed by atoms with Crippen molar-refractivity contribution in [2.24, 2.45) is 17.3 Å². The van der Waals surface area contributed by atoms with Gasteiger partial charge in [-0.3, -0.25) is 37.3 Å². The van der Waals surface area contributed by atoms with E-state index in [9.17, 15) is 67.8 Å². The molecule has 1 fully saturated rings. The predicted octanol–water partition coefficient (Wildman–Crippen LogP) is -0.198. The number of carbonyl (C=O) groups is 4. The number of phosphoric acid groups is 3. The molecule has 11 N–H and O–H groups in total. The van der Waals surface area contributed by atoms with Gasteiger partial charge in [0.05, 0.1) is 19.5 Å². The lowest BCUT2D eigenvalue weighted by molar-refractivity contribution is -0.144. The Hall–Kier alpha value is -2.97. The lowest BCUT2D eigenvalue weighted by atomic mass is 9.87. The zero-order chi connectivity index (χ0) is 44.5. The zero-order valence-electron chi connectivity index (χ0n) is 32.0. The highest BCUT2D eigenvalue weighted by molar-refractivity contribution is 8.13. The number of aromatic nitrogens is 4. The van der Waals surface area contributed by atoms with Crippen LogP contribution in [0.15, 0.2) is 12.7 Å². The minimum absolute atomic E-state index is 0.0189. The molecule has 26 nitrogen and oxygen atoms in total. The molecule has 1 aliphatic rings. The minimum atomic E-state index is -5.60. The lowest BCUT2D eigenvalue weighted by Gasteiger charge is -2.30. The summed E-state index contributed by atoms with van der Waals surface area (Å²) in [5, 5.41) is 35.1. The van der Waals surface area contributed by atoms with Gasteiger partial charge in [0.15, 0.2) is 17.7 Å². The van der Waals surface area contributed by atoms with E-state index in [0.29, 0.717) is 6.42 Å². The van der Waals surface area contributed by atoms with Gasteiger partial charge in [0.25, 0.3) is 0 Å². The molecule has 0 spiro atoms. The standard InChI is InChI=1S/C29H48N7O19P3S/c1-15(2)5-6-16(27(41)42)28(43)59-10-9-31-18(37)7-8-32-25(40)22(39)29(3,4)12-52-58(49,50)55-57(47,48)51-11-17-21(54-56(44,45)46)20(38)26(53-17)36-14-35-19-23(30)33-13-34-24(19)36/h13-17,20-22,26,38-39H,5-12H2,1-4H3,(H,31,37)(H,32,40)(H,41,42)(H,47,48)(H,49,50)(H2,30,33,34)(H2,44,45,46). The van der Waals surface area contributed by atoms with Crippen molar-refractivity contribution in [3.05, 3.63) is 12.7 Å². The minimum Gasteiger partial charge on any atom is -0.481 e. The van der Waals surface area contributed by atoms with Crippen molar-refractivity contribution < 1.29 is 90.4 Å². The van der Waals surface area contributed by atoms with Gasteiger partial charge in [-0.15, -0.1) is 0 Å². The molecule has 3 heterocycles. The van der Waals surface area contributed by atoms with E-state index >= 15 is 0 Å². The normalized spacial score (nSPS) is 21.7. The number of aliphatic carboxylic acids is 1. The number of hydrogen-bond acceptors (Lipinski definition) is 19. The Kier molecular flexibility index (Phi) is 18.1. The third-order valence-electron chi connectivity index (χ3n) is 8.36. The number of nitrogens with two attached hydrogens (primary N) is 1. The third kappa shape index (κ3) is 15.5. The lowest BCUT2D eigenvalue weighted by Crippen LogP contribution is -2.46. The topological polar surface area (TPSA) is 401 Å². The largest absolute Gasteiger partial charge is 0.481 e. The second-order valence-corrected chi connectivity index (χ2v) is 19.4. The van der Waals surface area contributed by atoms with Crippen molar-refractivity contribution in [3.63, 3.8) is 0 Å². The Morgan fingerprint density at radius 2 is 1.68 bits per heavy atom. The van der Waals surface area contributed by atoms with Crippen LogP contribution in [-0.2, 0) is 55.5 Å². The quantitative estimate of drug-likeness (QED) is 0.0370. The van der Waals surface area contributed by atoms with Crippen LogP contribution in [0.25, 0.3) is 11.2 Å². The maximum Gasteiger partial charge on any atom is 0.481 e. The third-order valence-corrected chi connectivity index (χ3v) is 12.4. The van der Waals surface area contributed by atoms with Gasteiger partial charge in [0.1, 0.15) is 42.2 Å². The van der Waals surface area contributed by atoms with Crippen LogP contribution in [0.1, 0.15) is 53.2 Å². The van der Waals surface area contributed by atoms with Crippen LogP contribution >= 0.6 is 35.2 Å². The van der Waals surface area contributed by atoms with E-state index in [0.717, 1.165) is 29.0 Å². The second kappa shape index (κ2) is 21.2. The van der Waals surface area contributed by atoms with Crippen LogP contribution in [0, 0.1) is 17.3 Å². The summed E-state index contributed by atoms with van der Waals surface area (Å²) in [6.45, 7) is 3.95. The number of nitrogen functional groups attached to an aromatic ring is 1. The number of carboxylic acids is 1. The number of nitrogens with one attached hydrogen (secondary N) is 2. The molecule has 8 unspecified atom stereocenters. The molecule has 0 bridgehead atoms. The number of nitrogens with zero attached hydrogens (tertiary/aromatic N) is 4. The van der Waals surface area contributed by atoms with Crippen LogP contribution < -0.4 is 16.4 Å². The number of aliphatic hydroxyl groups excluding tert-OH is 2. The van der Waals surface area contributed by atoms with Gasteiger partial charge >= 0.3 is 29.4 Å². The number of hydrogen-bond donors (Lipinski definition) is 10. The predicted molar refractivity (Wildman–Crippen MR) is 202 cm³/mol. The maximum absolute atomic E-state index is 12.7. The average Bonchev–Trinajstić information content (AvgIpc) is 3.67. The molecular formula is C29H48N7O19P3S. The molecular weight excluding hydrogens is 875 g/mol. The van der Waals surface area contributed by atoms with Gasteiger partial charge in [-0.1, -0.05) is 39.5 Å². The summed E-state index contributed by atoms with van der Waals surface area (Å²) in [6.07, 6.45) is -6.37. The fraction of sp³-hybridized carbons (Fsp3) is 0.690. The number of aliphatic hydroxyl groups is 2. The number of thioether (sulfide) groups is 1. The summed E-state index contributed by atoms with van der Waals surface area (Å²) in [4.78, 5) is 99.4. The summed E-state index contributed by atoms with van der Waals surface area (Å²) in [5.41, 5.74) is 4.19. The van der Waals surface area contributed by atoms with Crippen LogP contribution in [-0.4, -0.2) is 134 Å². The SMILES string of the molecule is CC(C)CCC(C(=O)O)C(=O)SCCNC(=O)CCNC(=O)C(O)C(C)(C)COP(=O)(O)OP(=O)(O)OCC1OC(n2cnc3c(N)ncnc32)C(O)C1OP(=O)(O)O. The van der Waals surface area contributed by atoms with E-state index in [2.05, 4.69) is 34.4 Å². The Labute approximate surface area is 340 Å². The number of amides is 2. The van der Waals surface area contributed by atoms with Crippen molar-refractivity contribution in [3.8, 4) is 0 Å². The Bertz CT molecular complexity index is 1950. The first-order valence-electron chi connectivity index (χ1n) is 17.5. The molecule has 0 aromatic carbocycles. The summed E-state index contributed by atoms with van der Waals surface area (Å²) < 4.78 is 62.1. The summed E-state index contributed by atoms with van der Waals surface area (Å²) >= 11 is 0.777. The van der Waals surface area contributed by atoms with E-state index in [1.165, 1.54) is 13.8 Å². The van der Waals surface area contributed by atoms with Gasteiger partial charge < -0.3 is 56.0 Å². The highest BCUT2D eigenvalue weighted by atomic mass is 32.2. The van der Waals surface area contributed by atoms with Crippen LogP contribution in [0.2, 0.25) is 0 Å². The zero-order valence-corrected chi connectivity index (χ0v) is 35.5. The van der Waals surface area contributed by atoms with Crippen molar-refractivity contribution in [1.82, 2.24) is 30.2 Å². The smallest absolute Gasteiger partial charge is 0.481 e. The first kappa shape index (κ1) is 50.4. The number of carbonyl (C=O) groups excluding carboxylic acids is 3. The number of fused-ring (bicyclic) bond motifs is 1. The van der Waals surface area contributed by atoms with Gasteiger partial charge in [-0.05, 0) is 18.8 Å². The van der Waals surface area contributed by atoms with E-state index in [4.69, 9.17) is 19.5 Å². The number of phosphoric ester groups is 3. The number of anilines is 1. The Morgan fingerprint density at radius 1 is 1.02 bits per heavy atom. The number of ether oxygens (including phenoxy) is 1. The van der Waals surface area contributed by atoms with Gasteiger partial charge in [-0.25, -0.2) is 28.6 Å². The van der Waals surface area contributed by atoms with Crippen molar-refractivity contribution >= 4 is 75.1 Å². The van der Waals surface area contributed by atoms with E-state index in [-0.39, 0.29) is 54.6 Å². The first-order chi connectivity index (χ1) is 27.2. The van der Waals surface area contributed by atoms with Gasteiger partial charge in [-0.2, -0.15) is 4.31 Å². The molecule has 0 aliphatic carbocycles. The first-order valence-corrected chi connectivity index (χ1v) is 23.0. The number of carboxylic acid groups (broad SMARTS) is 1. The van der Waals surface area contributed by atoms with E-state index < -0.39 is 102 Å². The monoisotopic (exact) mass is 923 g/mol. The Balaban J connectivity index is 1.47. The summed E-state index contributed by atoms with van der Waals surface area (Å²) in [5.74, 6) is -3.66. The van der Waals surface area contributed by atoms with Crippen LogP contribution in [0.3, 0.4) is 0 Å². The van der Waals surface area contributed by atoms with E-state index in [1.54, 1.807) is 0 Å². The summed E-state index contributed by atoms with van der Waals surface area (Å²) in [7, 11) is -16.5. The molecule has 3 rings (SSSR count). The van der Waals surface area contributed by atoms with E-state index in [1.807, 2.05) is 13.8 Å². The molecule has 0 radical (unpaired) electrons. The fourth-order valence-electron chi connectivity index (χ4n) is 5.22. The highest BCUT2D eigenvalue weighted by Gasteiger charge is 2.50. The van der Waals surface area contributed by atoms with Crippen molar-refractivity contribution in [2.75, 3.05) is 37.8 Å². The fourth-order valence-corrected chi connectivity index (χ4v) is 8.88. The Morgan fingerprint density at radius 3 is 2.31 bits per heavy atom. The molecule has 2 amide bonds. The maximum atomic E-state index is 12.7. The molecule has 334 valence electrons. The van der Waals surface area contributed by atoms with Crippen LogP contribution in [0.5, 0.6) is 0 Å². The number of imidazole rings is 1. The molecule has 1 saturated heterocycles. The van der Waals surface area contributed by atoms with Crippen molar-refractivity contribution in [1.29, 1.82) is 0 Å². The second-order valence-electron chi connectivity index (χ2n) is 14.1. The molecule has 1 aliphatic heterocycles. The van der Waals surface area contributed by atoms with Crippen LogP contribution in [0.4, 0.5) is 5.82 Å². The molecule has 2 aromatic rings. The molecule has 2 aromatic heterocycles. The molecule has 30 heteroatoms. The van der Waals surface area contributed by atoms with Crippen molar-refractivity contribution in [2.45, 2.75) is 77.6 Å². The van der Waals surface area contributed by atoms with Gasteiger partial charge in [0.2, 0.25) is 16.9 Å².